The van der Waals surface area contributed by atoms with E-state index in [-0.39, 0.29) is 20.1 Å². The third kappa shape index (κ3) is 8.01. The number of hydrogen-bond acceptors (Lipinski definition) is 3. The summed E-state index contributed by atoms with van der Waals surface area (Å²) in [5.74, 6) is 8.55. The molecule has 2 rings (SSSR count). The van der Waals surface area contributed by atoms with Crippen LogP contribution in [0.4, 0.5) is 0 Å². The van der Waals surface area contributed by atoms with Gasteiger partial charge < -0.3 is 10.2 Å². The standard InChI is InChI=1S/C19H26GeN.2CH4O.Ir/c1-14(2)15(3)17-12-19(16-10-8-7-9-11-16)21-13-18(17)20(4,5)6;2*1-2;/h7-10,12-15H,1-6H3;2*2H,1H3;/q-1;;;. The monoisotopic (exact) mass is 599 g/mol. The number of aromatic nitrogens is 1. The van der Waals surface area contributed by atoms with E-state index >= 15 is 0 Å². The number of pyridine rings is 1. The molecule has 1 atom stereocenters. The van der Waals surface area contributed by atoms with Crippen molar-refractivity contribution in [1.29, 1.82) is 0 Å². The van der Waals surface area contributed by atoms with E-state index in [2.05, 4.69) is 68.5 Å². The van der Waals surface area contributed by atoms with Gasteiger partial charge in [0.05, 0.1) is 0 Å². The van der Waals surface area contributed by atoms with E-state index in [1.165, 1.54) is 9.96 Å². The van der Waals surface area contributed by atoms with Gasteiger partial charge in [0.1, 0.15) is 0 Å². The molecule has 0 aliphatic carbocycles. The third-order valence-corrected chi connectivity index (χ3v) is 8.49. The minimum Gasteiger partial charge on any atom is -0.400 e. The molecule has 149 valence electrons. The molecule has 1 aromatic heterocycles. The third-order valence-electron chi connectivity index (χ3n) is 4.22. The molecule has 2 aromatic rings. The molecule has 1 unspecified atom stereocenters. The fourth-order valence-electron chi connectivity index (χ4n) is 2.53. The van der Waals surface area contributed by atoms with E-state index in [1.54, 1.807) is 0 Å². The molecule has 1 radical (unpaired) electrons. The van der Waals surface area contributed by atoms with Crippen molar-refractivity contribution in [1.82, 2.24) is 4.98 Å². The summed E-state index contributed by atoms with van der Waals surface area (Å²) in [5.41, 5.74) is 3.64. The second-order valence-corrected chi connectivity index (χ2v) is 17.8. The second-order valence-electron chi connectivity index (χ2n) is 7.22. The van der Waals surface area contributed by atoms with Crippen molar-refractivity contribution in [3.05, 3.63) is 48.2 Å². The first-order valence-corrected chi connectivity index (χ1v) is 16.0. The number of nitrogens with zero attached hydrogens (tertiary/aromatic N) is 1. The quantitative estimate of drug-likeness (QED) is 0.413. The molecule has 0 bridgehead atoms. The topological polar surface area (TPSA) is 53.4 Å². The van der Waals surface area contributed by atoms with Gasteiger partial charge in [-0.1, -0.05) is 0 Å². The molecule has 2 N–H and O–H groups in total. The van der Waals surface area contributed by atoms with Gasteiger partial charge in [0.15, 0.2) is 0 Å². The molecule has 0 spiro atoms. The Morgan fingerprint density at radius 2 is 1.58 bits per heavy atom. The van der Waals surface area contributed by atoms with Crippen LogP contribution in [0.5, 0.6) is 0 Å². The summed E-state index contributed by atoms with van der Waals surface area (Å²) >= 11 is -1.91. The average Bonchev–Trinajstić information content (AvgIpc) is 2.64. The summed E-state index contributed by atoms with van der Waals surface area (Å²) in [6.07, 6.45) is 2.14. The summed E-state index contributed by atoms with van der Waals surface area (Å²) in [6.45, 7) is 6.95. The molecule has 3 nitrogen and oxygen atoms in total. The van der Waals surface area contributed by atoms with Crippen LogP contribution in [0.3, 0.4) is 0 Å². The van der Waals surface area contributed by atoms with Crippen molar-refractivity contribution < 1.29 is 30.3 Å². The Bertz CT molecular complexity index is 613. The van der Waals surface area contributed by atoms with Crippen LogP contribution in [0.25, 0.3) is 11.3 Å². The number of benzene rings is 1. The zero-order valence-electron chi connectivity index (χ0n) is 17.3. The van der Waals surface area contributed by atoms with Gasteiger partial charge in [-0.05, 0) is 0 Å². The van der Waals surface area contributed by atoms with Crippen molar-refractivity contribution in [2.45, 2.75) is 44.0 Å². The molecule has 0 aliphatic rings. The van der Waals surface area contributed by atoms with Gasteiger partial charge in [-0.3, -0.25) is 0 Å². The van der Waals surface area contributed by atoms with Gasteiger partial charge in [0, 0.05) is 34.3 Å². The summed E-state index contributed by atoms with van der Waals surface area (Å²) in [6, 6.07) is 13.7. The fourth-order valence-corrected chi connectivity index (χ4v) is 5.93. The molecule has 26 heavy (non-hydrogen) atoms. The summed E-state index contributed by atoms with van der Waals surface area (Å²) in [7, 11) is 2.00. The minimum atomic E-state index is -1.91. The molecule has 0 saturated heterocycles. The van der Waals surface area contributed by atoms with Crippen molar-refractivity contribution >= 4 is 17.7 Å². The van der Waals surface area contributed by atoms with E-state index in [4.69, 9.17) is 15.2 Å². The smallest absolute Gasteiger partial charge is 0.0319 e. The van der Waals surface area contributed by atoms with Gasteiger partial charge in [-0.25, -0.2) is 0 Å². The van der Waals surface area contributed by atoms with Crippen LogP contribution in [-0.4, -0.2) is 42.7 Å². The Hall–Kier alpha value is -0.518. The van der Waals surface area contributed by atoms with Crippen LogP contribution in [0, 0.1) is 12.0 Å². The van der Waals surface area contributed by atoms with Gasteiger partial charge >= 0.3 is 132 Å². The molecule has 0 saturated carbocycles. The molecule has 0 aliphatic heterocycles. The number of aliphatic hydroxyl groups excluding tert-OH is 2. The molecular weight excluding hydrogens is 563 g/mol. The molecule has 1 heterocycles. The Morgan fingerprint density at radius 1 is 1.00 bits per heavy atom. The van der Waals surface area contributed by atoms with Crippen molar-refractivity contribution in [2.24, 2.45) is 5.92 Å². The molecular formula is C21H34GeIrNO2-. The van der Waals surface area contributed by atoms with E-state index in [0.29, 0.717) is 11.8 Å². The first kappa shape index (κ1) is 27.7. The largest absolute Gasteiger partial charge is 0.400 e. The van der Waals surface area contributed by atoms with Crippen molar-refractivity contribution in [3.8, 4) is 11.3 Å². The Labute approximate surface area is 176 Å². The average molecular weight is 597 g/mol. The zero-order chi connectivity index (χ0) is 19.6. The predicted molar refractivity (Wildman–Crippen MR) is 111 cm³/mol. The molecule has 5 heteroatoms. The summed E-state index contributed by atoms with van der Waals surface area (Å²) < 4.78 is 1.54. The van der Waals surface area contributed by atoms with E-state index < -0.39 is 13.3 Å². The van der Waals surface area contributed by atoms with Crippen LogP contribution in [0.1, 0.15) is 32.3 Å². The molecule has 0 amide bonds. The zero-order valence-corrected chi connectivity index (χ0v) is 21.8. The Morgan fingerprint density at radius 3 is 2.00 bits per heavy atom. The Balaban J connectivity index is 0. The van der Waals surface area contributed by atoms with Crippen LogP contribution < -0.4 is 4.40 Å². The number of rotatable bonds is 4. The fraction of sp³-hybridized carbons (Fsp3) is 0.476. The van der Waals surface area contributed by atoms with Gasteiger partial charge in [-0.2, -0.15) is 0 Å². The van der Waals surface area contributed by atoms with Crippen LogP contribution in [-0.2, 0) is 20.1 Å². The van der Waals surface area contributed by atoms with Gasteiger partial charge in [-0.15, -0.1) is 0 Å². The molecule has 0 fully saturated rings. The van der Waals surface area contributed by atoms with Crippen LogP contribution >= 0.6 is 0 Å². The number of hydrogen-bond donors (Lipinski definition) is 2. The molecule has 1 aromatic carbocycles. The second kappa shape index (κ2) is 13.6. The summed E-state index contributed by atoms with van der Waals surface area (Å²) in [4.78, 5) is 4.73. The predicted octanol–water partition coefficient (Wildman–Crippen LogP) is 4.07. The maximum atomic E-state index is 7.00. The van der Waals surface area contributed by atoms with E-state index in [0.717, 1.165) is 25.5 Å². The SMILES string of the molecule is CC(C)C(C)c1cc(-c2[c-]cccc2)nc[c]1[Ge]([CH3])([CH3])[CH3].CO.CO.[Ir]. The Kier molecular flexibility index (Phi) is 14.5. The normalized spacial score (nSPS) is 11.3. The van der Waals surface area contributed by atoms with E-state index in [9.17, 15) is 0 Å². The number of aliphatic hydroxyl groups is 2. The maximum Gasteiger partial charge on any atom is 0.0319 e. The van der Waals surface area contributed by atoms with Gasteiger partial charge in [0.25, 0.3) is 0 Å². The first-order valence-electron chi connectivity index (χ1n) is 8.67. The minimum absolute atomic E-state index is 0. The maximum absolute atomic E-state index is 7.00. The van der Waals surface area contributed by atoms with Gasteiger partial charge in [0.2, 0.25) is 0 Å². The van der Waals surface area contributed by atoms with Crippen molar-refractivity contribution in [2.75, 3.05) is 14.2 Å². The summed E-state index contributed by atoms with van der Waals surface area (Å²) in [5, 5.41) is 14.0. The van der Waals surface area contributed by atoms with Crippen LogP contribution in [0.2, 0.25) is 17.3 Å². The van der Waals surface area contributed by atoms with Crippen LogP contribution in [0.15, 0.2) is 36.5 Å². The van der Waals surface area contributed by atoms with E-state index in [1.807, 2.05) is 12.1 Å². The first-order chi connectivity index (χ1) is 11.8. The van der Waals surface area contributed by atoms with Crippen molar-refractivity contribution in [3.63, 3.8) is 0 Å².